The minimum Gasteiger partial charge on any atom is -0.348 e. The summed E-state index contributed by atoms with van der Waals surface area (Å²) >= 11 is 0. The predicted molar refractivity (Wildman–Crippen MR) is 96.3 cm³/mol. The van der Waals surface area contributed by atoms with E-state index in [1.165, 1.54) is 36.8 Å². The zero-order valence-corrected chi connectivity index (χ0v) is 14.1. The van der Waals surface area contributed by atoms with Crippen LogP contribution in [0.5, 0.6) is 0 Å². The number of aromatic nitrogens is 2. The number of nitrogens with one attached hydrogen (secondary N) is 1. The fraction of sp³-hybridized carbons (Fsp3) is 0.381. The van der Waals surface area contributed by atoms with Crippen molar-refractivity contribution < 1.29 is 0 Å². The van der Waals surface area contributed by atoms with Crippen molar-refractivity contribution in [2.45, 2.75) is 45.4 Å². The summed E-state index contributed by atoms with van der Waals surface area (Å²) in [5.74, 6) is 1.43. The molecule has 2 atom stereocenters. The third kappa shape index (κ3) is 3.47. The Morgan fingerprint density at radius 1 is 1.17 bits per heavy atom. The molecule has 23 heavy (non-hydrogen) atoms. The smallest absolute Gasteiger partial charge is 0.113 e. The van der Waals surface area contributed by atoms with Gasteiger partial charge < -0.3 is 4.98 Å². The Balaban J connectivity index is 1.63. The molecule has 0 fully saturated rings. The Labute approximate surface area is 139 Å². The number of allylic oxidation sites excluding steroid dienone is 4. The number of imidazole rings is 1. The van der Waals surface area contributed by atoms with Crippen molar-refractivity contribution in [3.63, 3.8) is 0 Å². The van der Waals surface area contributed by atoms with E-state index in [0.717, 1.165) is 5.82 Å². The van der Waals surface area contributed by atoms with E-state index in [2.05, 4.69) is 72.4 Å². The molecular weight excluding hydrogens is 280 g/mol. The van der Waals surface area contributed by atoms with E-state index >= 15 is 0 Å². The summed E-state index contributed by atoms with van der Waals surface area (Å²) in [6.45, 7) is 4.65. The quantitative estimate of drug-likeness (QED) is 0.708. The molecule has 0 spiro atoms. The molecule has 1 heterocycles. The molecular formula is C21H26N2. The summed E-state index contributed by atoms with van der Waals surface area (Å²) in [7, 11) is 0. The summed E-state index contributed by atoms with van der Waals surface area (Å²) in [6, 6.07) is 10.8. The van der Waals surface area contributed by atoms with Crippen LogP contribution in [0.25, 0.3) is 0 Å². The molecule has 0 radical (unpaired) electrons. The fourth-order valence-electron chi connectivity index (χ4n) is 3.62. The van der Waals surface area contributed by atoms with Gasteiger partial charge in [-0.2, -0.15) is 0 Å². The molecule has 3 rings (SSSR count). The minimum atomic E-state index is 0.156. The molecule has 0 bridgehead atoms. The van der Waals surface area contributed by atoms with Gasteiger partial charge in [-0.3, -0.25) is 0 Å². The molecule has 2 unspecified atom stereocenters. The Hall–Kier alpha value is -2.09. The second-order valence-electron chi connectivity index (χ2n) is 6.80. The number of benzene rings is 1. The highest BCUT2D eigenvalue weighted by atomic mass is 14.9. The SMILES string of the molecule is CC1=CC=CC(c2ncc[nH]2)C1(C)CCCCc1ccccc1. The minimum absolute atomic E-state index is 0.156. The van der Waals surface area contributed by atoms with Gasteiger partial charge in [0.2, 0.25) is 0 Å². The molecule has 1 aromatic heterocycles. The van der Waals surface area contributed by atoms with Crippen LogP contribution in [0.3, 0.4) is 0 Å². The zero-order valence-electron chi connectivity index (χ0n) is 14.1. The standard InChI is InChI=1S/C21H26N2/c1-17-9-8-13-19(20-22-15-16-23-20)21(17,2)14-7-6-12-18-10-4-3-5-11-18/h3-5,8-11,13,15-16,19H,6-7,12,14H2,1-2H3,(H,22,23). The van der Waals surface area contributed by atoms with Crippen LogP contribution in [0, 0.1) is 5.41 Å². The number of hydrogen-bond donors (Lipinski definition) is 1. The Morgan fingerprint density at radius 2 is 2.00 bits per heavy atom. The highest BCUT2D eigenvalue weighted by Gasteiger charge is 2.37. The molecule has 1 aliphatic carbocycles. The van der Waals surface area contributed by atoms with Crippen molar-refractivity contribution in [3.8, 4) is 0 Å². The van der Waals surface area contributed by atoms with Gasteiger partial charge in [-0.05, 0) is 31.7 Å². The van der Waals surface area contributed by atoms with Gasteiger partial charge in [-0.15, -0.1) is 0 Å². The third-order valence-corrected chi connectivity index (χ3v) is 5.31. The zero-order chi connectivity index (χ0) is 16.1. The summed E-state index contributed by atoms with van der Waals surface area (Å²) in [5.41, 5.74) is 3.06. The lowest BCUT2D eigenvalue weighted by Gasteiger charge is -2.38. The van der Waals surface area contributed by atoms with Crippen LogP contribution in [0.2, 0.25) is 0 Å². The van der Waals surface area contributed by atoms with Gasteiger partial charge in [-0.1, -0.05) is 67.5 Å². The van der Waals surface area contributed by atoms with E-state index in [4.69, 9.17) is 0 Å². The van der Waals surface area contributed by atoms with Crippen LogP contribution in [0.4, 0.5) is 0 Å². The molecule has 0 saturated heterocycles. The number of hydrogen-bond acceptors (Lipinski definition) is 1. The van der Waals surface area contributed by atoms with Crippen molar-refractivity contribution in [2.75, 3.05) is 0 Å². The molecule has 2 nitrogen and oxygen atoms in total. The lowest BCUT2D eigenvalue weighted by Crippen LogP contribution is -2.28. The summed E-state index contributed by atoms with van der Waals surface area (Å²) in [6.07, 6.45) is 15.3. The van der Waals surface area contributed by atoms with E-state index < -0.39 is 0 Å². The topological polar surface area (TPSA) is 28.7 Å². The number of unbranched alkanes of at least 4 members (excludes halogenated alkanes) is 1. The Morgan fingerprint density at radius 3 is 2.74 bits per heavy atom. The van der Waals surface area contributed by atoms with Crippen LogP contribution >= 0.6 is 0 Å². The maximum Gasteiger partial charge on any atom is 0.113 e. The third-order valence-electron chi connectivity index (χ3n) is 5.31. The van der Waals surface area contributed by atoms with Gasteiger partial charge in [0, 0.05) is 23.7 Å². The molecule has 1 N–H and O–H groups in total. The lowest BCUT2D eigenvalue weighted by atomic mass is 9.66. The molecule has 0 saturated carbocycles. The first-order valence-electron chi connectivity index (χ1n) is 8.59. The van der Waals surface area contributed by atoms with E-state index in [9.17, 15) is 0 Å². The van der Waals surface area contributed by atoms with Crippen molar-refractivity contribution in [1.29, 1.82) is 0 Å². The number of aromatic amines is 1. The maximum atomic E-state index is 4.51. The summed E-state index contributed by atoms with van der Waals surface area (Å²) < 4.78 is 0. The monoisotopic (exact) mass is 306 g/mol. The highest BCUT2D eigenvalue weighted by molar-refractivity contribution is 5.32. The van der Waals surface area contributed by atoms with Gasteiger partial charge in [0.05, 0.1) is 0 Å². The molecule has 0 amide bonds. The average molecular weight is 306 g/mol. The summed E-state index contributed by atoms with van der Waals surface area (Å²) in [5, 5.41) is 0. The van der Waals surface area contributed by atoms with Gasteiger partial charge in [-0.25, -0.2) is 4.98 Å². The Bertz CT molecular complexity index is 667. The van der Waals surface area contributed by atoms with E-state index in [0.29, 0.717) is 5.92 Å². The first-order valence-corrected chi connectivity index (χ1v) is 8.59. The number of nitrogens with zero attached hydrogens (tertiary/aromatic N) is 1. The van der Waals surface area contributed by atoms with Crippen LogP contribution in [0.15, 0.2) is 66.5 Å². The number of H-pyrrole nitrogens is 1. The van der Waals surface area contributed by atoms with Crippen LogP contribution < -0.4 is 0 Å². The van der Waals surface area contributed by atoms with Crippen LogP contribution in [-0.2, 0) is 6.42 Å². The maximum absolute atomic E-state index is 4.51. The molecule has 2 heteroatoms. The fourth-order valence-corrected chi connectivity index (χ4v) is 3.62. The van der Waals surface area contributed by atoms with Gasteiger partial charge >= 0.3 is 0 Å². The normalized spacial score (nSPS) is 23.7. The average Bonchev–Trinajstić information content (AvgIpc) is 3.09. The van der Waals surface area contributed by atoms with Crippen molar-refractivity contribution in [1.82, 2.24) is 9.97 Å². The Kier molecular flexibility index (Phi) is 4.80. The summed E-state index contributed by atoms with van der Waals surface area (Å²) in [4.78, 5) is 7.82. The second-order valence-corrected chi connectivity index (χ2v) is 6.80. The first-order chi connectivity index (χ1) is 11.2. The molecule has 0 aliphatic heterocycles. The van der Waals surface area contributed by atoms with Crippen LogP contribution in [-0.4, -0.2) is 9.97 Å². The lowest BCUT2D eigenvalue weighted by molar-refractivity contribution is 0.302. The van der Waals surface area contributed by atoms with Gasteiger partial charge in [0.1, 0.15) is 5.82 Å². The number of aryl methyl sites for hydroxylation is 1. The molecule has 120 valence electrons. The first kappa shape index (κ1) is 15.8. The van der Waals surface area contributed by atoms with Crippen LogP contribution in [0.1, 0.15) is 50.4 Å². The number of rotatable bonds is 6. The van der Waals surface area contributed by atoms with Crippen molar-refractivity contribution in [3.05, 3.63) is 77.9 Å². The highest BCUT2D eigenvalue weighted by Crippen LogP contribution is 2.47. The van der Waals surface area contributed by atoms with E-state index in [1.54, 1.807) is 0 Å². The van der Waals surface area contributed by atoms with E-state index in [1.807, 2.05) is 12.4 Å². The van der Waals surface area contributed by atoms with Crippen molar-refractivity contribution in [2.24, 2.45) is 5.41 Å². The van der Waals surface area contributed by atoms with Gasteiger partial charge in [0.25, 0.3) is 0 Å². The second kappa shape index (κ2) is 6.99. The largest absolute Gasteiger partial charge is 0.348 e. The predicted octanol–water partition coefficient (Wildman–Crippen LogP) is 5.43. The molecule has 1 aliphatic rings. The molecule has 2 aromatic rings. The van der Waals surface area contributed by atoms with Crippen molar-refractivity contribution >= 4 is 0 Å². The molecule has 1 aromatic carbocycles. The van der Waals surface area contributed by atoms with E-state index in [-0.39, 0.29) is 5.41 Å². The van der Waals surface area contributed by atoms with Gasteiger partial charge in [0.15, 0.2) is 0 Å².